The van der Waals surface area contributed by atoms with Crippen molar-refractivity contribution in [2.45, 2.75) is 37.6 Å². The quantitative estimate of drug-likeness (QED) is 0.629. The number of halogens is 4. The number of pyridine rings is 1. The number of likely N-dealkylation sites (tertiary alicyclic amines) is 1. The number of nitrogens with zero attached hydrogens (tertiary/aromatic N) is 3. The van der Waals surface area contributed by atoms with E-state index in [1.54, 1.807) is 41.6 Å². The van der Waals surface area contributed by atoms with Gasteiger partial charge in [-0.15, -0.1) is 0 Å². The van der Waals surface area contributed by atoms with Crippen molar-refractivity contribution in [1.29, 1.82) is 0 Å². The van der Waals surface area contributed by atoms with Gasteiger partial charge in [0, 0.05) is 42.5 Å². The first kappa shape index (κ1) is 26.9. The molecule has 2 amide bonds. The maximum Gasteiger partial charge on any atom is 0.490 e. The van der Waals surface area contributed by atoms with Crippen molar-refractivity contribution in [3.63, 3.8) is 0 Å². The number of oxime groups is 1. The minimum absolute atomic E-state index is 0.0929. The fraction of sp³-hybridized carbons (Fsp3) is 0.348. The van der Waals surface area contributed by atoms with Gasteiger partial charge in [-0.1, -0.05) is 28.9 Å². The van der Waals surface area contributed by atoms with E-state index < -0.39 is 17.7 Å². The van der Waals surface area contributed by atoms with Crippen LogP contribution in [0.25, 0.3) is 0 Å². The van der Waals surface area contributed by atoms with Crippen LogP contribution in [0.5, 0.6) is 0 Å². The summed E-state index contributed by atoms with van der Waals surface area (Å²) in [5.41, 5.74) is 1.16. The summed E-state index contributed by atoms with van der Waals surface area (Å²) in [4.78, 5) is 45.7. The Hall–Kier alpha value is -3.67. The van der Waals surface area contributed by atoms with E-state index in [1.807, 2.05) is 12.1 Å². The molecule has 9 nitrogen and oxygen atoms in total. The van der Waals surface area contributed by atoms with Crippen LogP contribution < -0.4 is 5.32 Å². The topological polar surface area (TPSA) is 121 Å². The molecule has 2 N–H and O–H groups in total. The number of carboxylic acids is 1. The van der Waals surface area contributed by atoms with Gasteiger partial charge in [-0.05, 0) is 42.7 Å². The third-order valence-corrected chi connectivity index (χ3v) is 5.65. The number of hydrogen-bond donors (Lipinski definition) is 2. The van der Waals surface area contributed by atoms with Crippen molar-refractivity contribution in [3.05, 3.63) is 64.9 Å². The first-order chi connectivity index (χ1) is 17.0. The van der Waals surface area contributed by atoms with Crippen LogP contribution in [0.15, 0.2) is 53.9 Å². The summed E-state index contributed by atoms with van der Waals surface area (Å²) in [5, 5.41) is 14.5. The number of rotatable bonds is 4. The number of benzene rings is 1. The Morgan fingerprint density at radius 2 is 1.97 bits per heavy atom. The number of aromatic nitrogens is 1. The van der Waals surface area contributed by atoms with E-state index in [9.17, 15) is 22.8 Å². The van der Waals surface area contributed by atoms with Crippen molar-refractivity contribution in [1.82, 2.24) is 15.2 Å². The first-order valence-corrected chi connectivity index (χ1v) is 11.1. The molecule has 0 radical (unpaired) electrons. The fourth-order valence-electron chi connectivity index (χ4n) is 3.72. The zero-order valence-electron chi connectivity index (χ0n) is 18.8. The zero-order chi connectivity index (χ0) is 26.3. The second-order valence-corrected chi connectivity index (χ2v) is 8.61. The molecule has 2 aliphatic heterocycles. The van der Waals surface area contributed by atoms with Gasteiger partial charge in [0.05, 0.1) is 6.54 Å². The Kier molecular flexibility index (Phi) is 8.51. The monoisotopic (exact) mass is 526 g/mol. The van der Waals surface area contributed by atoms with Crippen molar-refractivity contribution >= 4 is 35.1 Å². The van der Waals surface area contributed by atoms with Gasteiger partial charge < -0.3 is 20.2 Å². The largest absolute Gasteiger partial charge is 0.490 e. The van der Waals surface area contributed by atoms with E-state index in [0.29, 0.717) is 42.4 Å². The summed E-state index contributed by atoms with van der Waals surface area (Å²) in [6.45, 7) is 1.40. The maximum absolute atomic E-state index is 12.9. The summed E-state index contributed by atoms with van der Waals surface area (Å²) in [7, 11) is 0. The predicted octanol–water partition coefficient (Wildman–Crippen LogP) is 3.44. The molecule has 1 saturated heterocycles. The van der Waals surface area contributed by atoms with Gasteiger partial charge in [0.2, 0.25) is 0 Å². The number of aliphatic carboxylic acids is 1. The molecule has 2 aliphatic rings. The highest BCUT2D eigenvalue weighted by molar-refractivity contribution is 6.39. The molecule has 1 unspecified atom stereocenters. The highest BCUT2D eigenvalue weighted by Gasteiger charge is 2.45. The molecule has 1 spiro atoms. The number of hydrogen-bond acceptors (Lipinski definition) is 6. The third-order valence-electron chi connectivity index (χ3n) is 5.42. The summed E-state index contributed by atoms with van der Waals surface area (Å²) in [5.74, 6) is -3.11. The maximum atomic E-state index is 12.9. The molecular weight excluding hydrogens is 505 g/mol. The molecule has 13 heteroatoms. The summed E-state index contributed by atoms with van der Waals surface area (Å²) < 4.78 is 31.7. The zero-order valence-corrected chi connectivity index (χ0v) is 19.6. The lowest BCUT2D eigenvalue weighted by molar-refractivity contribution is -0.192. The highest BCUT2D eigenvalue weighted by Crippen LogP contribution is 2.34. The minimum atomic E-state index is -5.08. The lowest BCUT2D eigenvalue weighted by Gasteiger charge is -2.38. The van der Waals surface area contributed by atoms with Crippen LogP contribution in [0.4, 0.5) is 13.2 Å². The number of carboxylic acid groups (broad SMARTS) is 1. The molecule has 2 aromatic rings. The van der Waals surface area contributed by atoms with Crippen LogP contribution >= 0.6 is 11.6 Å². The van der Waals surface area contributed by atoms with Gasteiger partial charge >= 0.3 is 12.1 Å². The second-order valence-electron chi connectivity index (χ2n) is 8.18. The summed E-state index contributed by atoms with van der Waals surface area (Å²) in [6.07, 6.45) is 0.214. The van der Waals surface area contributed by atoms with Crippen LogP contribution in [0.1, 0.15) is 35.2 Å². The van der Waals surface area contributed by atoms with Crippen molar-refractivity contribution in [2.24, 2.45) is 5.16 Å². The third kappa shape index (κ3) is 7.17. The number of piperidine rings is 1. The van der Waals surface area contributed by atoms with Crippen molar-refractivity contribution in [3.8, 4) is 0 Å². The molecule has 0 bridgehead atoms. The number of nitrogens with one attached hydrogen (secondary N) is 1. The van der Waals surface area contributed by atoms with Crippen LogP contribution in [-0.4, -0.2) is 63.4 Å². The van der Waals surface area contributed by atoms with Gasteiger partial charge in [-0.25, -0.2) is 4.79 Å². The highest BCUT2D eigenvalue weighted by atomic mass is 35.5. The normalized spacial score (nSPS) is 19.0. The van der Waals surface area contributed by atoms with Crippen molar-refractivity contribution < 1.29 is 37.5 Å². The summed E-state index contributed by atoms with van der Waals surface area (Å²) in [6, 6.07) is 10.6. The van der Waals surface area contributed by atoms with E-state index in [4.69, 9.17) is 26.3 Å². The molecule has 0 aliphatic carbocycles. The van der Waals surface area contributed by atoms with Gasteiger partial charge in [-0.2, -0.15) is 13.2 Å². The minimum Gasteiger partial charge on any atom is -0.475 e. The second kappa shape index (κ2) is 11.4. The average Bonchev–Trinajstić information content (AvgIpc) is 3.25. The Balaban J connectivity index is 0.000000454. The SMILES string of the molecule is O=C(NCc1cccnc1)C1=NOC2(CCCN(C(=O)c3cccc(Cl)c3)C2)C1.O=C(O)C(F)(F)F. The number of amides is 2. The molecule has 4 rings (SSSR count). The fourth-order valence-corrected chi connectivity index (χ4v) is 3.91. The molecule has 0 saturated carbocycles. The lowest BCUT2D eigenvalue weighted by atomic mass is 9.87. The van der Waals surface area contributed by atoms with Crippen LogP contribution in [0, 0.1) is 0 Å². The Morgan fingerprint density at radius 3 is 2.61 bits per heavy atom. The molecule has 1 aromatic carbocycles. The van der Waals surface area contributed by atoms with Crippen molar-refractivity contribution in [2.75, 3.05) is 13.1 Å². The Labute approximate surface area is 208 Å². The van der Waals surface area contributed by atoms with E-state index in [2.05, 4.69) is 15.5 Å². The molecular formula is C23H22ClF3N4O5. The number of carbonyl (C=O) groups is 3. The summed E-state index contributed by atoms with van der Waals surface area (Å²) >= 11 is 6.01. The molecule has 1 atom stereocenters. The van der Waals surface area contributed by atoms with E-state index in [1.165, 1.54) is 0 Å². The van der Waals surface area contributed by atoms with Crippen LogP contribution in [0.3, 0.4) is 0 Å². The van der Waals surface area contributed by atoms with E-state index in [0.717, 1.165) is 18.4 Å². The van der Waals surface area contributed by atoms with Gasteiger partial charge in [0.15, 0.2) is 5.60 Å². The first-order valence-electron chi connectivity index (χ1n) is 10.8. The van der Waals surface area contributed by atoms with Gasteiger partial charge in [-0.3, -0.25) is 14.6 Å². The predicted molar refractivity (Wildman–Crippen MR) is 122 cm³/mol. The Morgan fingerprint density at radius 1 is 1.22 bits per heavy atom. The van der Waals surface area contributed by atoms with Crippen LogP contribution in [-0.2, 0) is 21.0 Å². The number of carbonyl (C=O) groups excluding carboxylic acids is 2. The Bertz CT molecular complexity index is 1150. The number of alkyl halides is 3. The van der Waals surface area contributed by atoms with Gasteiger partial charge in [0.1, 0.15) is 5.71 Å². The molecule has 36 heavy (non-hydrogen) atoms. The molecule has 1 aromatic heterocycles. The lowest BCUT2D eigenvalue weighted by Crippen LogP contribution is -2.51. The molecule has 3 heterocycles. The van der Waals surface area contributed by atoms with E-state index >= 15 is 0 Å². The molecule has 192 valence electrons. The molecule has 1 fully saturated rings. The van der Waals surface area contributed by atoms with Crippen LogP contribution in [0.2, 0.25) is 5.02 Å². The standard InChI is InChI=1S/C21H21ClN4O3.C2HF3O2/c22-17-6-1-5-16(10-17)20(28)26-9-3-7-21(14-26)11-18(25-29-21)19(27)24-13-15-4-2-8-23-12-15;3-2(4,5)1(6)7/h1-2,4-6,8,10,12H,3,7,9,11,13-14H2,(H,24,27);(H,6,7). The average molecular weight is 527 g/mol. The van der Waals surface area contributed by atoms with Gasteiger partial charge in [0.25, 0.3) is 11.8 Å². The smallest absolute Gasteiger partial charge is 0.475 e. The van der Waals surface area contributed by atoms with E-state index in [-0.39, 0.29) is 11.8 Å².